The molecule has 0 spiro atoms. The van der Waals surface area contributed by atoms with Crippen molar-refractivity contribution in [2.24, 2.45) is 0 Å². The van der Waals surface area contributed by atoms with Gasteiger partial charge in [0.25, 0.3) is 0 Å². The van der Waals surface area contributed by atoms with Crippen LogP contribution in [0.1, 0.15) is 37.4 Å². The molecule has 24 heavy (non-hydrogen) atoms. The molecule has 0 saturated carbocycles. The summed E-state index contributed by atoms with van der Waals surface area (Å²) >= 11 is 0. The van der Waals surface area contributed by atoms with Crippen LogP contribution in [-0.4, -0.2) is 16.7 Å². The number of hydrogen-bond donors (Lipinski definition) is 1. The molecule has 0 aliphatic rings. The van der Waals surface area contributed by atoms with Crippen molar-refractivity contribution < 1.29 is 14.7 Å². The average Bonchev–Trinajstić information content (AvgIpc) is 2.63. The first-order valence-corrected chi connectivity index (χ1v) is 7.61. The van der Waals surface area contributed by atoms with Gasteiger partial charge in [-0.15, -0.1) is 0 Å². The van der Waals surface area contributed by atoms with Crippen LogP contribution in [0.2, 0.25) is 0 Å². The Hall–Kier alpha value is -3.20. The third-order valence-electron chi connectivity index (χ3n) is 3.82. The van der Waals surface area contributed by atoms with Crippen LogP contribution in [0.5, 0.6) is 5.75 Å². The predicted octanol–water partition coefficient (Wildman–Crippen LogP) is 4.16. The molecule has 0 unspecified atom stereocenters. The number of carbonyl (C=O) groups is 2. The van der Waals surface area contributed by atoms with Crippen LogP contribution in [0.15, 0.2) is 72.8 Å². The van der Waals surface area contributed by atoms with Gasteiger partial charge in [0, 0.05) is 11.1 Å². The van der Waals surface area contributed by atoms with Crippen molar-refractivity contribution in [3.05, 3.63) is 101 Å². The minimum Gasteiger partial charge on any atom is -0.506 e. The van der Waals surface area contributed by atoms with Crippen LogP contribution in [-0.2, 0) is 0 Å². The zero-order valence-electron chi connectivity index (χ0n) is 13.2. The van der Waals surface area contributed by atoms with Gasteiger partial charge >= 0.3 is 0 Å². The molecule has 3 nitrogen and oxygen atoms in total. The Morgan fingerprint density at radius 3 is 1.46 bits per heavy atom. The lowest BCUT2D eigenvalue weighted by molar-refractivity contribution is 0.103. The Morgan fingerprint density at radius 2 is 1.08 bits per heavy atom. The summed E-state index contributed by atoms with van der Waals surface area (Å²) in [5, 5.41) is 10.5. The van der Waals surface area contributed by atoms with Crippen LogP contribution in [0.25, 0.3) is 0 Å². The van der Waals surface area contributed by atoms with Crippen molar-refractivity contribution >= 4 is 11.6 Å². The molecule has 3 aromatic rings. The fraction of sp³-hybridized carbons (Fsp3) is 0.0476. The molecule has 118 valence electrons. The van der Waals surface area contributed by atoms with Crippen molar-refractivity contribution in [2.45, 2.75) is 6.92 Å². The number of aryl methyl sites for hydroxylation is 1. The van der Waals surface area contributed by atoms with Crippen LogP contribution in [0, 0.1) is 6.92 Å². The normalized spacial score (nSPS) is 10.4. The van der Waals surface area contributed by atoms with Crippen LogP contribution in [0.4, 0.5) is 0 Å². The molecular formula is C21H16O3. The Morgan fingerprint density at radius 1 is 0.708 bits per heavy atom. The molecule has 0 aliphatic heterocycles. The van der Waals surface area contributed by atoms with Crippen molar-refractivity contribution in [2.75, 3.05) is 0 Å². The van der Waals surface area contributed by atoms with E-state index in [1.165, 1.54) is 0 Å². The molecule has 0 radical (unpaired) electrons. The average molecular weight is 316 g/mol. The summed E-state index contributed by atoms with van der Waals surface area (Å²) in [7, 11) is 0. The van der Waals surface area contributed by atoms with Crippen molar-refractivity contribution in [1.29, 1.82) is 0 Å². The van der Waals surface area contributed by atoms with Gasteiger partial charge in [-0.3, -0.25) is 9.59 Å². The minimum absolute atomic E-state index is 0.139. The number of phenols is 1. The van der Waals surface area contributed by atoms with Crippen molar-refractivity contribution in [3.8, 4) is 5.75 Å². The van der Waals surface area contributed by atoms with E-state index in [0.717, 1.165) is 5.56 Å². The van der Waals surface area contributed by atoms with E-state index in [2.05, 4.69) is 0 Å². The second-order valence-corrected chi connectivity index (χ2v) is 5.60. The highest BCUT2D eigenvalue weighted by atomic mass is 16.3. The van der Waals surface area contributed by atoms with E-state index in [0.29, 0.717) is 11.1 Å². The van der Waals surface area contributed by atoms with E-state index >= 15 is 0 Å². The number of rotatable bonds is 4. The number of ketones is 2. The summed E-state index contributed by atoms with van der Waals surface area (Å²) in [6.45, 7) is 1.79. The summed E-state index contributed by atoms with van der Waals surface area (Å²) in [5.74, 6) is -0.888. The molecule has 0 saturated heterocycles. The molecule has 1 N–H and O–H groups in total. The van der Waals surface area contributed by atoms with Gasteiger partial charge in [-0.05, 0) is 24.6 Å². The molecule has 3 rings (SSSR count). The third-order valence-corrected chi connectivity index (χ3v) is 3.82. The molecule has 0 aliphatic carbocycles. The SMILES string of the molecule is Cc1cc(C(=O)c2ccccc2)c(O)c(C(=O)c2ccccc2)c1. The van der Waals surface area contributed by atoms with Crippen LogP contribution < -0.4 is 0 Å². The topological polar surface area (TPSA) is 54.4 Å². The van der Waals surface area contributed by atoms with Crippen LogP contribution >= 0.6 is 0 Å². The molecule has 3 heteroatoms. The number of aromatic hydroxyl groups is 1. The first-order chi connectivity index (χ1) is 11.6. The van der Waals surface area contributed by atoms with Crippen molar-refractivity contribution in [1.82, 2.24) is 0 Å². The zero-order chi connectivity index (χ0) is 17.1. The molecule has 0 bridgehead atoms. The van der Waals surface area contributed by atoms with E-state index < -0.39 is 0 Å². The molecule has 0 aromatic heterocycles. The Balaban J connectivity index is 2.09. The van der Waals surface area contributed by atoms with E-state index in [1.807, 2.05) is 12.1 Å². The van der Waals surface area contributed by atoms with Gasteiger partial charge in [0.2, 0.25) is 0 Å². The van der Waals surface area contributed by atoms with Gasteiger partial charge in [-0.1, -0.05) is 60.7 Å². The second-order valence-electron chi connectivity index (χ2n) is 5.60. The lowest BCUT2D eigenvalue weighted by atomic mass is 9.94. The predicted molar refractivity (Wildman–Crippen MR) is 92.6 cm³/mol. The van der Waals surface area contributed by atoms with Crippen LogP contribution in [0.3, 0.4) is 0 Å². The molecule has 0 amide bonds. The van der Waals surface area contributed by atoms with E-state index in [1.54, 1.807) is 67.6 Å². The van der Waals surface area contributed by atoms with Gasteiger partial charge in [0.15, 0.2) is 11.6 Å². The maximum absolute atomic E-state index is 12.7. The third kappa shape index (κ3) is 2.97. The summed E-state index contributed by atoms with van der Waals surface area (Å²) in [6, 6.07) is 20.6. The molecule has 0 fully saturated rings. The number of hydrogen-bond acceptors (Lipinski definition) is 3. The molecular weight excluding hydrogens is 300 g/mol. The molecule has 0 heterocycles. The lowest BCUT2D eigenvalue weighted by Gasteiger charge is -2.11. The lowest BCUT2D eigenvalue weighted by Crippen LogP contribution is -2.08. The van der Waals surface area contributed by atoms with Gasteiger partial charge in [-0.25, -0.2) is 0 Å². The Kier molecular flexibility index (Phi) is 4.25. The molecule has 0 atom stereocenters. The summed E-state index contributed by atoms with van der Waals surface area (Å²) in [6.07, 6.45) is 0. The highest BCUT2D eigenvalue weighted by molar-refractivity contribution is 6.16. The highest BCUT2D eigenvalue weighted by Crippen LogP contribution is 2.29. The largest absolute Gasteiger partial charge is 0.506 e. The first-order valence-electron chi connectivity index (χ1n) is 7.61. The fourth-order valence-corrected chi connectivity index (χ4v) is 2.62. The highest BCUT2D eigenvalue weighted by Gasteiger charge is 2.21. The Bertz CT molecular complexity index is 824. The molecule has 3 aromatic carbocycles. The van der Waals surface area contributed by atoms with Gasteiger partial charge in [0.1, 0.15) is 5.75 Å². The smallest absolute Gasteiger partial charge is 0.196 e. The monoisotopic (exact) mass is 316 g/mol. The van der Waals surface area contributed by atoms with Gasteiger partial charge < -0.3 is 5.11 Å². The maximum atomic E-state index is 12.7. The Labute approximate surface area is 140 Å². The van der Waals surface area contributed by atoms with Gasteiger partial charge in [-0.2, -0.15) is 0 Å². The number of phenolic OH excluding ortho intramolecular Hbond substituents is 1. The quantitative estimate of drug-likeness (QED) is 0.735. The van der Waals surface area contributed by atoms with E-state index in [9.17, 15) is 14.7 Å². The summed E-state index contributed by atoms with van der Waals surface area (Å²) < 4.78 is 0. The van der Waals surface area contributed by atoms with Crippen molar-refractivity contribution in [3.63, 3.8) is 0 Å². The summed E-state index contributed by atoms with van der Waals surface area (Å²) in [4.78, 5) is 25.3. The number of carbonyl (C=O) groups excluding carboxylic acids is 2. The second kappa shape index (κ2) is 6.50. The van der Waals surface area contributed by atoms with E-state index in [4.69, 9.17) is 0 Å². The number of benzene rings is 3. The standard InChI is InChI=1S/C21H16O3/c1-14-12-17(19(22)15-8-4-2-5-9-15)21(24)18(13-14)20(23)16-10-6-3-7-11-16/h2-13,24H,1H3. The summed E-state index contributed by atoms with van der Waals surface area (Å²) in [5.41, 5.74) is 1.96. The fourth-order valence-electron chi connectivity index (χ4n) is 2.62. The first kappa shape index (κ1) is 15.7. The zero-order valence-corrected chi connectivity index (χ0v) is 13.2. The van der Waals surface area contributed by atoms with Gasteiger partial charge in [0.05, 0.1) is 11.1 Å². The van der Waals surface area contributed by atoms with E-state index in [-0.39, 0.29) is 28.4 Å². The minimum atomic E-state index is -0.307. The maximum Gasteiger partial charge on any atom is 0.196 e.